The molecule has 4 nitrogen and oxygen atoms in total. The van der Waals surface area contributed by atoms with Crippen molar-refractivity contribution in [2.75, 3.05) is 0 Å². The van der Waals surface area contributed by atoms with Crippen LogP contribution in [-0.4, -0.2) is 18.0 Å². The zero-order valence-electron chi connectivity index (χ0n) is 12.1. The van der Waals surface area contributed by atoms with Gasteiger partial charge in [-0.25, -0.2) is 0 Å². The molecule has 18 heavy (non-hydrogen) atoms. The number of furan rings is 1. The minimum absolute atomic E-state index is 0.0229. The molecule has 0 spiro atoms. The Morgan fingerprint density at radius 3 is 2.28 bits per heavy atom. The molecule has 1 rings (SSSR count). The number of amides is 1. The Morgan fingerprint density at radius 2 is 1.83 bits per heavy atom. The highest BCUT2D eigenvalue weighted by atomic mass is 16.3. The maximum absolute atomic E-state index is 11.8. The topological polar surface area (TPSA) is 54.3 Å². The molecule has 102 valence electrons. The van der Waals surface area contributed by atoms with Crippen LogP contribution in [0.3, 0.4) is 0 Å². The lowest BCUT2D eigenvalue weighted by Gasteiger charge is -2.20. The molecule has 4 heteroatoms. The third kappa shape index (κ3) is 3.88. The lowest BCUT2D eigenvalue weighted by molar-refractivity contribution is -0.123. The van der Waals surface area contributed by atoms with E-state index in [1.165, 1.54) is 0 Å². The molecule has 1 aromatic rings. The third-order valence-electron chi connectivity index (χ3n) is 2.87. The first-order chi connectivity index (χ1) is 8.31. The molecule has 0 aromatic carbocycles. The molecule has 0 saturated heterocycles. The molecule has 0 bridgehead atoms. The van der Waals surface area contributed by atoms with Gasteiger partial charge in [-0.15, -0.1) is 0 Å². The van der Waals surface area contributed by atoms with Gasteiger partial charge >= 0.3 is 0 Å². The van der Waals surface area contributed by atoms with Crippen LogP contribution in [0.1, 0.15) is 50.8 Å². The lowest BCUT2D eigenvalue weighted by Crippen LogP contribution is -2.45. The molecule has 1 amide bonds. The second-order valence-electron chi connectivity index (χ2n) is 5.14. The zero-order valence-corrected chi connectivity index (χ0v) is 12.1. The SMILES string of the molecule is Cc1cc(C(C)NC(C)C(=O)NC(C)C)c(C)o1. The molecule has 0 aliphatic rings. The van der Waals surface area contributed by atoms with Crippen molar-refractivity contribution >= 4 is 5.91 Å². The lowest BCUT2D eigenvalue weighted by atomic mass is 10.1. The largest absolute Gasteiger partial charge is 0.466 e. The first-order valence-corrected chi connectivity index (χ1v) is 6.44. The van der Waals surface area contributed by atoms with Crippen LogP contribution >= 0.6 is 0 Å². The molecule has 0 fully saturated rings. The molecule has 2 unspecified atom stereocenters. The second-order valence-corrected chi connectivity index (χ2v) is 5.14. The Bertz CT molecular complexity index is 410. The van der Waals surface area contributed by atoms with E-state index in [0.29, 0.717) is 0 Å². The molecule has 1 aromatic heterocycles. The average molecular weight is 252 g/mol. The van der Waals surface area contributed by atoms with E-state index in [4.69, 9.17) is 4.42 Å². The van der Waals surface area contributed by atoms with E-state index >= 15 is 0 Å². The van der Waals surface area contributed by atoms with Crippen molar-refractivity contribution in [3.63, 3.8) is 0 Å². The smallest absolute Gasteiger partial charge is 0.237 e. The maximum atomic E-state index is 11.8. The van der Waals surface area contributed by atoms with Crippen LogP contribution in [0, 0.1) is 13.8 Å². The molecule has 0 saturated carbocycles. The Kier molecular flexibility index (Phi) is 4.96. The van der Waals surface area contributed by atoms with Crippen LogP contribution in [0.2, 0.25) is 0 Å². The number of hydrogen-bond acceptors (Lipinski definition) is 3. The first-order valence-electron chi connectivity index (χ1n) is 6.44. The van der Waals surface area contributed by atoms with E-state index in [-0.39, 0.29) is 24.0 Å². The van der Waals surface area contributed by atoms with Gasteiger partial charge in [0.25, 0.3) is 0 Å². The highest BCUT2D eigenvalue weighted by Crippen LogP contribution is 2.21. The number of carbonyl (C=O) groups is 1. The van der Waals surface area contributed by atoms with Gasteiger partial charge in [0.05, 0.1) is 6.04 Å². The number of hydrogen-bond donors (Lipinski definition) is 2. The van der Waals surface area contributed by atoms with Gasteiger partial charge in [0.15, 0.2) is 0 Å². The quantitative estimate of drug-likeness (QED) is 0.846. The van der Waals surface area contributed by atoms with E-state index < -0.39 is 0 Å². The number of rotatable bonds is 5. The number of aryl methyl sites for hydroxylation is 2. The van der Waals surface area contributed by atoms with Crippen molar-refractivity contribution in [1.29, 1.82) is 0 Å². The Morgan fingerprint density at radius 1 is 1.22 bits per heavy atom. The highest BCUT2D eigenvalue weighted by molar-refractivity contribution is 5.81. The van der Waals surface area contributed by atoms with Crippen molar-refractivity contribution in [3.8, 4) is 0 Å². The predicted molar refractivity (Wildman–Crippen MR) is 72.5 cm³/mol. The molecule has 2 atom stereocenters. The summed E-state index contributed by atoms with van der Waals surface area (Å²) >= 11 is 0. The molecule has 1 heterocycles. The summed E-state index contributed by atoms with van der Waals surface area (Å²) in [4.78, 5) is 11.8. The summed E-state index contributed by atoms with van der Waals surface area (Å²) in [7, 11) is 0. The van der Waals surface area contributed by atoms with Crippen molar-refractivity contribution in [1.82, 2.24) is 10.6 Å². The summed E-state index contributed by atoms with van der Waals surface area (Å²) in [6.45, 7) is 11.7. The molecular formula is C14H24N2O2. The van der Waals surface area contributed by atoms with Crippen molar-refractivity contribution in [3.05, 3.63) is 23.2 Å². The highest BCUT2D eigenvalue weighted by Gasteiger charge is 2.19. The Balaban J connectivity index is 2.62. The number of carbonyl (C=O) groups excluding carboxylic acids is 1. The average Bonchev–Trinajstić information content (AvgIpc) is 2.56. The van der Waals surface area contributed by atoms with Crippen LogP contribution in [0.5, 0.6) is 0 Å². The van der Waals surface area contributed by atoms with E-state index in [9.17, 15) is 4.79 Å². The summed E-state index contributed by atoms with van der Waals surface area (Å²) < 4.78 is 5.50. The number of nitrogens with one attached hydrogen (secondary N) is 2. The summed E-state index contributed by atoms with van der Waals surface area (Å²) in [5.41, 5.74) is 1.11. The van der Waals surface area contributed by atoms with Gasteiger partial charge in [0.2, 0.25) is 5.91 Å². The van der Waals surface area contributed by atoms with Crippen LogP contribution in [0.25, 0.3) is 0 Å². The van der Waals surface area contributed by atoms with Gasteiger partial charge in [-0.1, -0.05) is 0 Å². The molecule has 0 radical (unpaired) electrons. The fourth-order valence-electron chi connectivity index (χ4n) is 2.03. The normalized spacial score (nSPS) is 14.6. The Hall–Kier alpha value is -1.29. The standard InChI is InChI=1S/C14H24N2O2/c1-8(2)15-14(17)11(5)16-10(4)13-7-9(3)18-12(13)6/h7-8,10-11,16H,1-6H3,(H,15,17). The fourth-order valence-corrected chi connectivity index (χ4v) is 2.03. The van der Waals surface area contributed by atoms with E-state index in [0.717, 1.165) is 17.1 Å². The Labute approximate surface area is 109 Å². The minimum Gasteiger partial charge on any atom is -0.466 e. The summed E-state index contributed by atoms with van der Waals surface area (Å²) in [6, 6.07) is 2.04. The van der Waals surface area contributed by atoms with Crippen molar-refractivity contribution < 1.29 is 9.21 Å². The summed E-state index contributed by atoms with van der Waals surface area (Å²) in [6.07, 6.45) is 0. The summed E-state index contributed by atoms with van der Waals surface area (Å²) in [5, 5.41) is 6.18. The van der Waals surface area contributed by atoms with E-state index in [2.05, 4.69) is 10.6 Å². The first kappa shape index (κ1) is 14.8. The molecule has 0 aliphatic heterocycles. The third-order valence-corrected chi connectivity index (χ3v) is 2.87. The van der Waals surface area contributed by atoms with E-state index in [1.54, 1.807) is 0 Å². The van der Waals surface area contributed by atoms with Crippen LogP contribution < -0.4 is 10.6 Å². The van der Waals surface area contributed by atoms with Crippen molar-refractivity contribution in [2.24, 2.45) is 0 Å². The van der Waals surface area contributed by atoms with Gasteiger partial charge < -0.3 is 9.73 Å². The molecule has 0 aliphatic carbocycles. The van der Waals surface area contributed by atoms with Crippen molar-refractivity contribution in [2.45, 2.75) is 59.7 Å². The van der Waals surface area contributed by atoms with Crippen LogP contribution in [-0.2, 0) is 4.79 Å². The monoisotopic (exact) mass is 252 g/mol. The molecular weight excluding hydrogens is 228 g/mol. The van der Waals surface area contributed by atoms with Gasteiger partial charge in [0, 0.05) is 17.6 Å². The van der Waals surface area contributed by atoms with Gasteiger partial charge in [0.1, 0.15) is 11.5 Å². The molecule has 2 N–H and O–H groups in total. The van der Waals surface area contributed by atoms with Gasteiger partial charge in [-0.05, 0) is 47.6 Å². The minimum atomic E-state index is -0.225. The van der Waals surface area contributed by atoms with Crippen LogP contribution in [0.4, 0.5) is 0 Å². The maximum Gasteiger partial charge on any atom is 0.237 e. The van der Waals surface area contributed by atoms with Gasteiger partial charge in [-0.3, -0.25) is 10.1 Å². The zero-order chi connectivity index (χ0) is 13.9. The van der Waals surface area contributed by atoms with Crippen LogP contribution in [0.15, 0.2) is 10.5 Å². The fraction of sp³-hybridized carbons (Fsp3) is 0.643. The van der Waals surface area contributed by atoms with E-state index in [1.807, 2.05) is 47.6 Å². The second kappa shape index (κ2) is 6.05. The van der Waals surface area contributed by atoms with Gasteiger partial charge in [-0.2, -0.15) is 0 Å². The predicted octanol–water partition coefficient (Wildman–Crippen LogP) is 2.46. The summed E-state index contributed by atoms with van der Waals surface area (Å²) in [5.74, 6) is 1.83.